The zero-order valence-electron chi connectivity index (χ0n) is 18.6. The van der Waals surface area contributed by atoms with Gasteiger partial charge in [0.05, 0.1) is 31.5 Å². The van der Waals surface area contributed by atoms with Crippen molar-refractivity contribution < 1.29 is 18.7 Å². The Morgan fingerprint density at radius 2 is 2.03 bits per heavy atom. The number of halogens is 1. The Labute approximate surface area is 198 Å². The maximum absolute atomic E-state index is 13.4. The summed E-state index contributed by atoms with van der Waals surface area (Å²) in [5, 5.41) is 15.8. The number of amides is 2. The van der Waals surface area contributed by atoms with E-state index in [2.05, 4.69) is 20.3 Å². The minimum Gasteiger partial charge on any atom is -0.379 e. The number of ether oxygens (including phenoxy) is 1. The molecule has 35 heavy (non-hydrogen) atoms. The van der Waals surface area contributed by atoms with Gasteiger partial charge in [-0.2, -0.15) is 14.9 Å². The molecule has 0 saturated carbocycles. The zero-order valence-corrected chi connectivity index (χ0v) is 18.6. The van der Waals surface area contributed by atoms with Crippen molar-refractivity contribution >= 4 is 23.3 Å². The Kier molecular flexibility index (Phi) is 5.98. The Morgan fingerprint density at radius 3 is 2.74 bits per heavy atom. The number of rotatable bonds is 6. The number of aromatic nitrogens is 4. The van der Waals surface area contributed by atoms with E-state index in [4.69, 9.17) is 4.74 Å². The summed E-state index contributed by atoms with van der Waals surface area (Å²) in [6, 6.07) is 5.70. The van der Waals surface area contributed by atoms with Crippen LogP contribution in [0.15, 0.2) is 29.2 Å². The largest absolute Gasteiger partial charge is 0.379 e. The number of fused-ring (bicyclic) bond motifs is 2. The molecule has 1 N–H and O–H groups in total. The molecule has 0 spiro atoms. The van der Waals surface area contributed by atoms with Gasteiger partial charge in [0.1, 0.15) is 35.6 Å². The van der Waals surface area contributed by atoms with E-state index in [0.717, 1.165) is 29.9 Å². The number of carbonyl (C=O) groups is 2. The molecule has 3 aromatic heterocycles. The van der Waals surface area contributed by atoms with Crippen molar-refractivity contribution in [3.63, 3.8) is 0 Å². The number of carbonyl (C=O) groups excluding carboxylic acids is 2. The number of pyridine rings is 1. The molecule has 5 rings (SSSR count). The lowest BCUT2D eigenvalue weighted by Crippen LogP contribution is -2.41. The van der Waals surface area contributed by atoms with Crippen LogP contribution in [0.4, 0.5) is 10.2 Å². The fraction of sp³-hybridized carbons (Fsp3) is 0.364. The Balaban J connectivity index is 1.46. The Morgan fingerprint density at radius 1 is 1.23 bits per heavy atom. The van der Waals surface area contributed by atoms with Gasteiger partial charge >= 0.3 is 0 Å². The number of morpholine rings is 1. The highest BCUT2D eigenvalue weighted by atomic mass is 19.1. The van der Waals surface area contributed by atoms with Gasteiger partial charge in [0.25, 0.3) is 11.5 Å². The molecule has 0 atom stereocenters. The van der Waals surface area contributed by atoms with Crippen LogP contribution in [-0.4, -0.2) is 80.2 Å². The van der Waals surface area contributed by atoms with Crippen molar-refractivity contribution in [2.75, 3.05) is 44.7 Å². The average Bonchev–Trinajstić information content (AvgIpc) is 3.45. The molecule has 1 fully saturated rings. The first kappa shape index (κ1) is 22.6. The van der Waals surface area contributed by atoms with Crippen molar-refractivity contribution in [1.82, 2.24) is 29.0 Å². The van der Waals surface area contributed by atoms with E-state index in [-0.39, 0.29) is 47.4 Å². The Hall–Kier alpha value is -4.15. The molecule has 13 heteroatoms. The van der Waals surface area contributed by atoms with E-state index in [0.29, 0.717) is 26.3 Å². The first-order valence-electron chi connectivity index (χ1n) is 11.0. The molecule has 0 aliphatic carbocycles. The van der Waals surface area contributed by atoms with E-state index in [1.165, 1.54) is 16.7 Å². The van der Waals surface area contributed by atoms with Gasteiger partial charge in [-0.05, 0) is 12.1 Å². The van der Waals surface area contributed by atoms with Gasteiger partial charge in [-0.1, -0.05) is 0 Å². The van der Waals surface area contributed by atoms with Crippen LogP contribution in [0.5, 0.6) is 0 Å². The summed E-state index contributed by atoms with van der Waals surface area (Å²) in [5.41, 5.74) is -0.0657. The summed E-state index contributed by atoms with van der Waals surface area (Å²) >= 11 is 0. The predicted octanol–water partition coefficient (Wildman–Crippen LogP) is -0.172. The van der Waals surface area contributed by atoms with Gasteiger partial charge in [-0.3, -0.25) is 19.3 Å². The van der Waals surface area contributed by atoms with Crippen molar-refractivity contribution in [2.24, 2.45) is 0 Å². The molecule has 5 heterocycles. The van der Waals surface area contributed by atoms with Crippen LogP contribution in [0.1, 0.15) is 21.7 Å². The number of nitriles is 1. The molecule has 2 aliphatic heterocycles. The smallest absolute Gasteiger partial charge is 0.280 e. The lowest BCUT2D eigenvalue weighted by Gasteiger charge is -2.28. The summed E-state index contributed by atoms with van der Waals surface area (Å²) < 4.78 is 20.9. The first-order chi connectivity index (χ1) is 16.9. The van der Waals surface area contributed by atoms with Gasteiger partial charge in [0, 0.05) is 32.2 Å². The molecular formula is C22H21FN8O4. The summed E-state index contributed by atoms with van der Waals surface area (Å²) in [7, 11) is 0. The van der Waals surface area contributed by atoms with E-state index in [1.54, 1.807) is 4.90 Å². The number of nitrogens with zero attached hydrogens (tertiary/aromatic N) is 7. The second-order valence-electron chi connectivity index (χ2n) is 8.22. The first-order valence-corrected chi connectivity index (χ1v) is 11.0. The molecule has 0 aromatic carbocycles. The lowest BCUT2D eigenvalue weighted by molar-refractivity contribution is -0.116. The maximum Gasteiger partial charge on any atom is 0.280 e. The van der Waals surface area contributed by atoms with Crippen molar-refractivity contribution in [2.45, 2.75) is 13.1 Å². The molecule has 0 bridgehead atoms. The number of hydrogen-bond donors (Lipinski definition) is 1. The average molecular weight is 480 g/mol. The molecule has 180 valence electrons. The topological polar surface area (TPSA) is 138 Å². The monoisotopic (exact) mass is 480 g/mol. The number of hydrogen-bond acceptors (Lipinski definition) is 8. The third-order valence-corrected chi connectivity index (χ3v) is 6.01. The highest BCUT2D eigenvalue weighted by Gasteiger charge is 2.35. The summed E-state index contributed by atoms with van der Waals surface area (Å²) in [4.78, 5) is 46.9. The SMILES string of the molecule is N#Cc1cc2n(CC(=O)Nc3ccc(F)cn3)c3c(c(=O)n2n1)CN(CCN1CCOCC1)C3=O. The molecule has 0 unspecified atom stereocenters. The molecule has 2 amide bonds. The van der Waals surface area contributed by atoms with Gasteiger partial charge in [0.15, 0.2) is 5.69 Å². The highest BCUT2D eigenvalue weighted by molar-refractivity contribution is 5.98. The lowest BCUT2D eigenvalue weighted by atomic mass is 10.2. The van der Waals surface area contributed by atoms with Crippen LogP contribution in [0.25, 0.3) is 5.65 Å². The number of nitrogens with one attached hydrogen (secondary N) is 1. The van der Waals surface area contributed by atoms with Gasteiger partial charge in [0.2, 0.25) is 5.91 Å². The molecule has 3 aromatic rings. The standard InChI is InChI=1S/C22H21FN8O4/c23-14-1-2-17(25-11-14)26-18(32)13-30-19-9-15(10-24)27-31(19)21(33)16-12-29(22(34)20(16)30)4-3-28-5-7-35-8-6-28/h1-2,9,11H,3-8,12-13H2,(H,25,26,32). The van der Waals surface area contributed by atoms with Crippen molar-refractivity contribution in [3.05, 3.63) is 57.5 Å². The molecule has 1 saturated heterocycles. The quantitative estimate of drug-likeness (QED) is 0.513. The van der Waals surface area contributed by atoms with E-state index in [9.17, 15) is 24.0 Å². The molecule has 0 radical (unpaired) electrons. The number of anilines is 1. The van der Waals surface area contributed by atoms with Gasteiger partial charge in [-0.15, -0.1) is 0 Å². The summed E-state index contributed by atoms with van der Waals surface area (Å²) in [6.07, 6.45) is 0.969. The fourth-order valence-electron chi connectivity index (χ4n) is 4.28. The summed E-state index contributed by atoms with van der Waals surface area (Å²) in [6.45, 7) is 3.58. The normalized spacial score (nSPS) is 15.9. The molecular weight excluding hydrogens is 459 g/mol. The van der Waals surface area contributed by atoms with Crippen LogP contribution in [0.2, 0.25) is 0 Å². The maximum atomic E-state index is 13.4. The van der Waals surface area contributed by atoms with E-state index in [1.807, 2.05) is 6.07 Å². The van der Waals surface area contributed by atoms with E-state index >= 15 is 0 Å². The van der Waals surface area contributed by atoms with Gasteiger partial charge in [-0.25, -0.2) is 9.37 Å². The fourth-order valence-corrected chi connectivity index (χ4v) is 4.28. The van der Waals surface area contributed by atoms with Crippen LogP contribution >= 0.6 is 0 Å². The minimum atomic E-state index is -0.547. The van der Waals surface area contributed by atoms with Gasteiger partial charge < -0.3 is 19.5 Å². The highest BCUT2D eigenvalue weighted by Crippen LogP contribution is 2.23. The summed E-state index contributed by atoms with van der Waals surface area (Å²) in [5.74, 6) is -1.33. The Bertz CT molecular complexity index is 1400. The van der Waals surface area contributed by atoms with E-state index < -0.39 is 17.3 Å². The molecule has 12 nitrogen and oxygen atoms in total. The third kappa shape index (κ3) is 4.36. The van der Waals surface area contributed by atoms with Crippen molar-refractivity contribution in [3.8, 4) is 6.07 Å². The second-order valence-corrected chi connectivity index (χ2v) is 8.22. The van der Waals surface area contributed by atoms with Crippen LogP contribution in [0, 0.1) is 17.1 Å². The predicted molar refractivity (Wildman–Crippen MR) is 119 cm³/mol. The second kappa shape index (κ2) is 9.24. The third-order valence-electron chi connectivity index (χ3n) is 6.01. The molecule has 2 aliphatic rings. The van der Waals surface area contributed by atoms with Crippen LogP contribution in [-0.2, 0) is 22.6 Å². The van der Waals surface area contributed by atoms with Crippen molar-refractivity contribution in [1.29, 1.82) is 5.26 Å². The van der Waals surface area contributed by atoms with Crippen LogP contribution < -0.4 is 10.9 Å². The minimum absolute atomic E-state index is 0.0169. The zero-order chi connectivity index (χ0) is 24.5. The van der Waals surface area contributed by atoms with Crippen LogP contribution in [0.3, 0.4) is 0 Å².